The van der Waals surface area contributed by atoms with Gasteiger partial charge in [-0.25, -0.2) is 4.39 Å². The maximum atomic E-state index is 14.5. The van der Waals surface area contributed by atoms with E-state index in [1.54, 1.807) is 18.2 Å². The third kappa shape index (κ3) is 4.64. The first kappa shape index (κ1) is 18.9. The molecule has 1 aromatic carbocycles. The van der Waals surface area contributed by atoms with Crippen LogP contribution in [0.15, 0.2) is 24.3 Å². The van der Waals surface area contributed by atoms with Gasteiger partial charge in [-0.1, -0.05) is 37.5 Å². The summed E-state index contributed by atoms with van der Waals surface area (Å²) in [6.45, 7) is 0.106. The van der Waals surface area contributed by atoms with E-state index in [2.05, 4.69) is 20.8 Å². The van der Waals surface area contributed by atoms with Crippen molar-refractivity contribution in [3.63, 3.8) is 0 Å². The van der Waals surface area contributed by atoms with Gasteiger partial charge in [-0.05, 0) is 18.9 Å². The molecule has 8 heteroatoms. The number of hydrogen-bond donors (Lipinski definition) is 4. The van der Waals surface area contributed by atoms with Crippen LogP contribution in [0.5, 0.6) is 0 Å². The highest BCUT2D eigenvalue weighted by Gasteiger charge is 2.25. The van der Waals surface area contributed by atoms with Crippen molar-refractivity contribution in [2.24, 2.45) is 5.73 Å². The maximum absolute atomic E-state index is 14.5. The van der Waals surface area contributed by atoms with E-state index in [1.807, 2.05) is 0 Å². The fraction of sp³-hybridized carbons (Fsp3) is 0.421. The molecule has 2 amide bonds. The van der Waals surface area contributed by atoms with Gasteiger partial charge in [0.1, 0.15) is 11.5 Å². The van der Waals surface area contributed by atoms with Crippen LogP contribution in [-0.4, -0.2) is 34.6 Å². The Hall–Kier alpha value is -2.90. The molecule has 0 bridgehead atoms. The lowest BCUT2D eigenvalue weighted by atomic mass is 9.95. The zero-order valence-corrected chi connectivity index (χ0v) is 15.1. The number of primary amides is 1. The molecule has 1 aliphatic rings. The van der Waals surface area contributed by atoms with Crippen LogP contribution in [0.4, 0.5) is 10.2 Å². The quantitative estimate of drug-likeness (QED) is 0.597. The van der Waals surface area contributed by atoms with E-state index in [9.17, 15) is 14.0 Å². The third-order valence-electron chi connectivity index (χ3n) is 4.74. The number of aromatic nitrogens is 2. The molecule has 0 radical (unpaired) electrons. The molecule has 0 aliphatic heterocycles. The number of aromatic amines is 1. The number of halogens is 1. The SMILES string of the molecule is NC(=O)CCNC(=O)c1[nH]nc(NC2CCCCC2)c1-c1ccccc1F. The number of hydrogen-bond acceptors (Lipinski definition) is 4. The summed E-state index contributed by atoms with van der Waals surface area (Å²) in [6.07, 6.45) is 5.55. The predicted octanol–water partition coefficient (Wildman–Crippen LogP) is 2.57. The van der Waals surface area contributed by atoms with Gasteiger partial charge in [-0.15, -0.1) is 0 Å². The van der Waals surface area contributed by atoms with Gasteiger partial charge in [-0.2, -0.15) is 5.10 Å². The normalized spacial score (nSPS) is 14.7. The molecule has 0 atom stereocenters. The lowest BCUT2D eigenvalue weighted by Gasteiger charge is -2.23. The molecule has 0 unspecified atom stereocenters. The second-order valence-electron chi connectivity index (χ2n) is 6.75. The van der Waals surface area contributed by atoms with Crippen LogP contribution in [0.3, 0.4) is 0 Å². The zero-order chi connectivity index (χ0) is 19.2. The van der Waals surface area contributed by atoms with Crippen LogP contribution in [0.1, 0.15) is 49.0 Å². The lowest BCUT2D eigenvalue weighted by molar-refractivity contribution is -0.117. The summed E-state index contributed by atoms with van der Waals surface area (Å²) in [5.74, 6) is -0.934. The Balaban J connectivity index is 1.89. The van der Waals surface area contributed by atoms with Crippen LogP contribution >= 0.6 is 0 Å². The molecule has 27 heavy (non-hydrogen) atoms. The number of amides is 2. The van der Waals surface area contributed by atoms with Crippen molar-refractivity contribution < 1.29 is 14.0 Å². The molecule has 7 nitrogen and oxygen atoms in total. The molecule has 2 aromatic rings. The number of carbonyl (C=O) groups is 2. The van der Waals surface area contributed by atoms with Gasteiger partial charge in [0, 0.05) is 24.6 Å². The molecular formula is C19H24FN5O2. The van der Waals surface area contributed by atoms with Crippen LogP contribution in [-0.2, 0) is 4.79 Å². The Kier molecular flexibility index (Phi) is 6.05. The number of H-pyrrole nitrogens is 1. The van der Waals surface area contributed by atoms with Gasteiger partial charge in [-0.3, -0.25) is 14.7 Å². The average Bonchev–Trinajstić information content (AvgIpc) is 3.06. The lowest BCUT2D eigenvalue weighted by Crippen LogP contribution is -2.28. The molecular weight excluding hydrogens is 349 g/mol. The standard InChI is InChI=1S/C19H24FN5O2/c20-14-9-5-4-8-13(14)16-17(19(27)22-11-10-15(21)26)24-25-18(16)23-12-6-2-1-3-7-12/h4-5,8-9,12H,1-3,6-7,10-11H2,(H2,21,26)(H,22,27)(H2,23,24,25). The van der Waals surface area contributed by atoms with E-state index >= 15 is 0 Å². The van der Waals surface area contributed by atoms with Crippen molar-refractivity contribution in [2.75, 3.05) is 11.9 Å². The summed E-state index contributed by atoms with van der Waals surface area (Å²) in [4.78, 5) is 23.4. The van der Waals surface area contributed by atoms with Crippen molar-refractivity contribution in [2.45, 2.75) is 44.6 Å². The molecule has 1 aromatic heterocycles. The van der Waals surface area contributed by atoms with Crippen molar-refractivity contribution in [3.8, 4) is 11.1 Å². The van der Waals surface area contributed by atoms with Crippen molar-refractivity contribution >= 4 is 17.6 Å². The molecule has 5 N–H and O–H groups in total. The number of rotatable bonds is 7. The summed E-state index contributed by atoms with van der Waals surface area (Å²) in [7, 11) is 0. The van der Waals surface area contributed by atoms with Gasteiger partial charge in [0.25, 0.3) is 5.91 Å². The van der Waals surface area contributed by atoms with E-state index in [1.165, 1.54) is 12.5 Å². The highest BCUT2D eigenvalue weighted by molar-refractivity contribution is 6.02. The second kappa shape index (κ2) is 8.66. The van der Waals surface area contributed by atoms with Crippen LogP contribution in [0.2, 0.25) is 0 Å². The van der Waals surface area contributed by atoms with Gasteiger partial charge in [0.05, 0.1) is 5.56 Å². The molecule has 3 rings (SSSR count). The van der Waals surface area contributed by atoms with E-state index in [0.717, 1.165) is 25.7 Å². The minimum absolute atomic E-state index is 0.0299. The second-order valence-corrected chi connectivity index (χ2v) is 6.75. The van der Waals surface area contributed by atoms with E-state index < -0.39 is 17.6 Å². The van der Waals surface area contributed by atoms with Gasteiger partial charge >= 0.3 is 0 Å². The summed E-state index contributed by atoms with van der Waals surface area (Å²) < 4.78 is 14.5. The smallest absolute Gasteiger partial charge is 0.270 e. The summed E-state index contributed by atoms with van der Waals surface area (Å²) in [5.41, 5.74) is 5.95. The highest BCUT2D eigenvalue weighted by atomic mass is 19.1. The number of anilines is 1. The molecule has 1 saturated carbocycles. The van der Waals surface area contributed by atoms with Crippen LogP contribution < -0.4 is 16.4 Å². The summed E-state index contributed by atoms with van der Waals surface area (Å²) >= 11 is 0. The van der Waals surface area contributed by atoms with E-state index in [0.29, 0.717) is 16.9 Å². The number of carbonyl (C=O) groups excluding carboxylic acids is 2. The fourth-order valence-corrected chi connectivity index (χ4v) is 3.36. The predicted molar refractivity (Wildman–Crippen MR) is 101 cm³/mol. The van der Waals surface area contributed by atoms with Crippen molar-refractivity contribution in [3.05, 3.63) is 35.8 Å². The number of benzene rings is 1. The van der Waals surface area contributed by atoms with Gasteiger partial charge in [0.2, 0.25) is 5.91 Å². The fourth-order valence-electron chi connectivity index (χ4n) is 3.36. The number of nitrogens with one attached hydrogen (secondary N) is 3. The summed E-state index contributed by atoms with van der Waals surface area (Å²) in [5, 5.41) is 12.9. The van der Waals surface area contributed by atoms with Gasteiger partial charge < -0.3 is 16.4 Å². The minimum Gasteiger partial charge on any atom is -0.370 e. The third-order valence-corrected chi connectivity index (χ3v) is 4.74. The zero-order valence-electron chi connectivity index (χ0n) is 15.1. The van der Waals surface area contributed by atoms with Crippen LogP contribution in [0, 0.1) is 5.82 Å². The Morgan fingerprint density at radius 3 is 2.67 bits per heavy atom. The van der Waals surface area contributed by atoms with E-state index in [-0.39, 0.29) is 24.7 Å². The highest BCUT2D eigenvalue weighted by Crippen LogP contribution is 2.33. The van der Waals surface area contributed by atoms with Gasteiger partial charge in [0.15, 0.2) is 5.82 Å². The van der Waals surface area contributed by atoms with Crippen molar-refractivity contribution in [1.82, 2.24) is 15.5 Å². The Morgan fingerprint density at radius 2 is 1.96 bits per heavy atom. The molecule has 144 valence electrons. The Bertz CT molecular complexity index is 814. The Labute approximate surface area is 156 Å². The number of nitrogens with zero attached hydrogens (tertiary/aromatic N) is 1. The minimum atomic E-state index is -0.506. The Morgan fingerprint density at radius 1 is 1.22 bits per heavy atom. The monoisotopic (exact) mass is 373 g/mol. The largest absolute Gasteiger partial charge is 0.370 e. The maximum Gasteiger partial charge on any atom is 0.270 e. The summed E-state index contributed by atoms with van der Waals surface area (Å²) in [6, 6.07) is 6.52. The van der Waals surface area contributed by atoms with Crippen LogP contribution in [0.25, 0.3) is 11.1 Å². The molecule has 1 aliphatic carbocycles. The average molecular weight is 373 g/mol. The molecule has 1 heterocycles. The molecule has 0 spiro atoms. The first-order valence-electron chi connectivity index (χ1n) is 9.22. The first-order valence-corrected chi connectivity index (χ1v) is 9.22. The topological polar surface area (TPSA) is 113 Å². The van der Waals surface area contributed by atoms with E-state index in [4.69, 9.17) is 5.73 Å². The first-order chi connectivity index (χ1) is 13.1. The molecule has 0 saturated heterocycles. The van der Waals surface area contributed by atoms with Crippen molar-refractivity contribution in [1.29, 1.82) is 0 Å². The number of nitrogens with two attached hydrogens (primary N) is 1. The molecule has 1 fully saturated rings.